The number of nitrogens with zero attached hydrogens (tertiary/aromatic N) is 1. The third-order valence-corrected chi connectivity index (χ3v) is 4.08. The summed E-state index contributed by atoms with van der Waals surface area (Å²) < 4.78 is 0. The average molecular weight is 369 g/mol. The summed E-state index contributed by atoms with van der Waals surface area (Å²) in [5.74, 6) is -0.0405. The van der Waals surface area contributed by atoms with Crippen molar-refractivity contribution in [3.8, 4) is 0 Å². The fraction of sp³-hybridized carbons (Fsp3) is 0.250. The molecule has 0 bridgehead atoms. The number of carbonyl (C=O) groups is 2. The monoisotopic (exact) mass is 369 g/mol. The lowest BCUT2D eigenvalue weighted by Gasteiger charge is -2.16. The Kier molecular flexibility index (Phi) is 6.46. The van der Waals surface area contributed by atoms with E-state index in [0.29, 0.717) is 22.7 Å². The summed E-state index contributed by atoms with van der Waals surface area (Å²) in [5.41, 5.74) is 2.72. The molecule has 0 fully saturated rings. The Hall–Kier alpha value is -2.73. The Morgan fingerprint density at radius 1 is 1.00 bits per heavy atom. The first-order valence-electron chi connectivity index (χ1n) is 8.32. The van der Waals surface area contributed by atoms with Gasteiger partial charge in [0.15, 0.2) is 5.11 Å². The Balaban J connectivity index is 2.07. The van der Waals surface area contributed by atoms with Crippen LogP contribution in [0, 0.1) is 0 Å². The number of rotatable bonds is 4. The van der Waals surface area contributed by atoms with E-state index in [-0.39, 0.29) is 16.9 Å². The van der Waals surface area contributed by atoms with Crippen molar-refractivity contribution in [1.29, 1.82) is 0 Å². The molecule has 5 nitrogen and oxygen atoms in total. The van der Waals surface area contributed by atoms with Crippen LogP contribution in [0.25, 0.3) is 0 Å². The van der Waals surface area contributed by atoms with Crippen molar-refractivity contribution < 1.29 is 9.59 Å². The molecule has 2 aromatic rings. The molecule has 6 heteroatoms. The van der Waals surface area contributed by atoms with Crippen molar-refractivity contribution in [2.24, 2.45) is 0 Å². The van der Waals surface area contributed by atoms with Crippen LogP contribution in [0.5, 0.6) is 0 Å². The minimum atomic E-state index is -0.297. The zero-order valence-corrected chi connectivity index (χ0v) is 16.2. The van der Waals surface area contributed by atoms with Gasteiger partial charge in [0.25, 0.3) is 11.8 Å². The third kappa shape index (κ3) is 4.89. The van der Waals surface area contributed by atoms with Crippen molar-refractivity contribution in [2.45, 2.75) is 19.8 Å². The molecule has 2 N–H and O–H groups in total. The summed E-state index contributed by atoms with van der Waals surface area (Å²) in [6, 6.07) is 14.4. The van der Waals surface area contributed by atoms with Gasteiger partial charge in [-0.1, -0.05) is 38.1 Å². The molecule has 2 rings (SSSR count). The van der Waals surface area contributed by atoms with Crippen LogP contribution < -0.4 is 10.6 Å². The maximum Gasteiger partial charge on any atom is 0.257 e. The Morgan fingerprint density at radius 3 is 2.19 bits per heavy atom. The molecule has 0 spiro atoms. The number of para-hydroxylation sites is 1. The second kappa shape index (κ2) is 8.58. The summed E-state index contributed by atoms with van der Waals surface area (Å²) >= 11 is 5.22. The lowest BCUT2D eigenvalue weighted by atomic mass is 10.0. The van der Waals surface area contributed by atoms with Crippen molar-refractivity contribution in [3.63, 3.8) is 0 Å². The number of nitrogens with one attached hydrogen (secondary N) is 2. The summed E-state index contributed by atoms with van der Waals surface area (Å²) in [7, 11) is 3.36. The van der Waals surface area contributed by atoms with Crippen LogP contribution in [0.4, 0.5) is 5.69 Å². The molecule has 0 aliphatic carbocycles. The third-order valence-electron chi connectivity index (χ3n) is 3.88. The van der Waals surface area contributed by atoms with Gasteiger partial charge in [0.05, 0.1) is 11.3 Å². The molecule has 0 aromatic heterocycles. The van der Waals surface area contributed by atoms with Gasteiger partial charge in [-0.15, -0.1) is 0 Å². The summed E-state index contributed by atoms with van der Waals surface area (Å²) in [6.07, 6.45) is 0. The molecule has 0 radical (unpaired) electrons. The van der Waals surface area contributed by atoms with Gasteiger partial charge in [0.2, 0.25) is 0 Å². The molecule has 0 aliphatic rings. The second-order valence-corrected chi connectivity index (χ2v) is 6.84. The summed E-state index contributed by atoms with van der Waals surface area (Å²) in [6.45, 7) is 4.20. The summed E-state index contributed by atoms with van der Waals surface area (Å²) in [4.78, 5) is 26.1. The number of benzene rings is 2. The predicted octanol–water partition coefficient (Wildman–Crippen LogP) is 3.64. The molecule has 136 valence electrons. The van der Waals surface area contributed by atoms with Crippen molar-refractivity contribution in [1.82, 2.24) is 10.2 Å². The van der Waals surface area contributed by atoms with Crippen LogP contribution in [0.15, 0.2) is 48.5 Å². The first kappa shape index (κ1) is 19.6. The minimum Gasteiger partial charge on any atom is -0.345 e. The van der Waals surface area contributed by atoms with Gasteiger partial charge in [0, 0.05) is 19.7 Å². The number of hydrogen-bond acceptors (Lipinski definition) is 3. The number of thiocarbonyl (C=S) groups is 1. The van der Waals surface area contributed by atoms with Crippen LogP contribution in [-0.2, 0) is 0 Å². The predicted molar refractivity (Wildman–Crippen MR) is 109 cm³/mol. The van der Waals surface area contributed by atoms with E-state index in [1.807, 2.05) is 12.1 Å². The average Bonchev–Trinajstić information content (AvgIpc) is 2.61. The van der Waals surface area contributed by atoms with Crippen molar-refractivity contribution in [2.75, 3.05) is 19.4 Å². The van der Waals surface area contributed by atoms with E-state index in [9.17, 15) is 9.59 Å². The fourth-order valence-electron chi connectivity index (χ4n) is 2.37. The van der Waals surface area contributed by atoms with E-state index < -0.39 is 0 Å². The SMILES string of the molecule is CC(C)c1ccc(C(=O)NC(=S)Nc2ccccc2C(=O)N(C)C)cc1. The van der Waals surface area contributed by atoms with Gasteiger partial charge in [-0.25, -0.2) is 0 Å². The normalized spacial score (nSPS) is 10.3. The molecule has 0 saturated carbocycles. The molecule has 0 aliphatic heterocycles. The molecule has 2 aromatic carbocycles. The van der Waals surface area contributed by atoms with Crippen molar-refractivity contribution >= 4 is 34.8 Å². The van der Waals surface area contributed by atoms with Gasteiger partial charge < -0.3 is 10.2 Å². The molecule has 0 unspecified atom stereocenters. The Morgan fingerprint density at radius 2 is 1.62 bits per heavy atom. The first-order valence-corrected chi connectivity index (χ1v) is 8.73. The smallest absolute Gasteiger partial charge is 0.257 e. The van der Waals surface area contributed by atoms with E-state index >= 15 is 0 Å². The number of anilines is 1. The van der Waals surface area contributed by atoms with Crippen LogP contribution in [0.3, 0.4) is 0 Å². The highest BCUT2D eigenvalue weighted by Crippen LogP contribution is 2.17. The zero-order chi connectivity index (χ0) is 19.3. The maximum atomic E-state index is 12.3. The minimum absolute atomic E-state index is 0.141. The van der Waals surface area contributed by atoms with Crippen LogP contribution in [0.2, 0.25) is 0 Å². The Labute approximate surface area is 159 Å². The van der Waals surface area contributed by atoms with Gasteiger partial charge in [-0.05, 0) is 48.0 Å². The standard InChI is InChI=1S/C20H23N3O2S/c1-13(2)14-9-11-15(12-10-14)18(24)22-20(26)21-17-8-6-5-7-16(17)19(25)23(3)4/h5-13H,1-4H3,(H2,21,22,24,26). The first-order chi connectivity index (χ1) is 12.3. The molecule has 0 heterocycles. The zero-order valence-electron chi connectivity index (χ0n) is 15.4. The number of amides is 2. The lowest BCUT2D eigenvalue weighted by Crippen LogP contribution is -2.35. The van der Waals surface area contributed by atoms with Gasteiger partial charge in [-0.3, -0.25) is 14.9 Å². The highest BCUT2D eigenvalue weighted by atomic mass is 32.1. The van der Waals surface area contributed by atoms with E-state index in [1.165, 1.54) is 10.5 Å². The molecule has 2 amide bonds. The molecular formula is C20H23N3O2S. The Bertz CT molecular complexity index is 814. The quantitative estimate of drug-likeness (QED) is 0.808. The number of hydrogen-bond donors (Lipinski definition) is 2. The van der Waals surface area contributed by atoms with Crippen LogP contribution in [0.1, 0.15) is 46.0 Å². The van der Waals surface area contributed by atoms with Gasteiger partial charge >= 0.3 is 0 Å². The van der Waals surface area contributed by atoms with Crippen LogP contribution >= 0.6 is 12.2 Å². The van der Waals surface area contributed by atoms with Crippen LogP contribution in [-0.4, -0.2) is 35.9 Å². The van der Waals surface area contributed by atoms with E-state index in [4.69, 9.17) is 12.2 Å². The highest BCUT2D eigenvalue weighted by Gasteiger charge is 2.15. The van der Waals surface area contributed by atoms with Crippen molar-refractivity contribution in [3.05, 3.63) is 65.2 Å². The summed E-state index contributed by atoms with van der Waals surface area (Å²) in [5, 5.41) is 5.71. The number of carbonyl (C=O) groups excluding carboxylic acids is 2. The van der Waals surface area contributed by atoms with Gasteiger partial charge in [0.1, 0.15) is 0 Å². The highest BCUT2D eigenvalue weighted by molar-refractivity contribution is 7.80. The fourth-order valence-corrected chi connectivity index (χ4v) is 2.57. The van der Waals surface area contributed by atoms with E-state index in [1.54, 1.807) is 50.5 Å². The maximum absolute atomic E-state index is 12.3. The molecular weight excluding hydrogens is 346 g/mol. The van der Waals surface area contributed by atoms with E-state index in [0.717, 1.165) is 0 Å². The second-order valence-electron chi connectivity index (χ2n) is 6.43. The largest absolute Gasteiger partial charge is 0.345 e. The molecule has 26 heavy (non-hydrogen) atoms. The molecule has 0 saturated heterocycles. The molecule has 0 atom stereocenters. The lowest BCUT2D eigenvalue weighted by molar-refractivity contribution is 0.0828. The van der Waals surface area contributed by atoms with Gasteiger partial charge in [-0.2, -0.15) is 0 Å². The topological polar surface area (TPSA) is 61.4 Å². The van der Waals surface area contributed by atoms with E-state index in [2.05, 4.69) is 24.5 Å².